The maximum absolute atomic E-state index is 11.5. The SMILES string of the molecule is CC(=O)N1CCN(Cc2cccnc2)C[C@@H](C(=O)O)C1. The van der Waals surface area contributed by atoms with Crippen LogP contribution in [0.15, 0.2) is 24.5 Å². The minimum absolute atomic E-state index is 0.0699. The van der Waals surface area contributed by atoms with Gasteiger partial charge >= 0.3 is 5.97 Å². The van der Waals surface area contributed by atoms with Gasteiger partial charge in [0.15, 0.2) is 0 Å². The monoisotopic (exact) mass is 277 g/mol. The molecule has 2 heterocycles. The van der Waals surface area contributed by atoms with Crippen LogP contribution in [0.1, 0.15) is 12.5 Å². The maximum Gasteiger partial charge on any atom is 0.309 e. The zero-order valence-electron chi connectivity index (χ0n) is 11.5. The second kappa shape index (κ2) is 6.47. The summed E-state index contributed by atoms with van der Waals surface area (Å²) in [7, 11) is 0. The third kappa shape index (κ3) is 3.77. The summed E-state index contributed by atoms with van der Waals surface area (Å²) in [5.41, 5.74) is 1.05. The van der Waals surface area contributed by atoms with Crippen LogP contribution in [0.2, 0.25) is 0 Å². The molecule has 1 atom stereocenters. The average molecular weight is 277 g/mol. The van der Waals surface area contributed by atoms with Crippen LogP contribution in [0.4, 0.5) is 0 Å². The van der Waals surface area contributed by atoms with E-state index >= 15 is 0 Å². The molecule has 0 aromatic carbocycles. The Bertz CT molecular complexity index is 478. The summed E-state index contributed by atoms with van der Waals surface area (Å²) in [5, 5.41) is 9.27. The van der Waals surface area contributed by atoms with Crippen LogP contribution in [-0.2, 0) is 16.1 Å². The van der Waals surface area contributed by atoms with Gasteiger partial charge in [0.25, 0.3) is 0 Å². The fourth-order valence-electron chi connectivity index (χ4n) is 2.42. The second-order valence-electron chi connectivity index (χ2n) is 5.10. The van der Waals surface area contributed by atoms with Crippen LogP contribution in [0, 0.1) is 5.92 Å². The smallest absolute Gasteiger partial charge is 0.309 e. The molecule has 20 heavy (non-hydrogen) atoms. The minimum Gasteiger partial charge on any atom is -0.481 e. The first-order valence-electron chi connectivity index (χ1n) is 6.66. The number of rotatable bonds is 3. The molecule has 1 aliphatic rings. The van der Waals surface area contributed by atoms with Crippen molar-refractivity contribution >= 4 is 11.9 Å². The van der Waals surface area contributed by atoms with Gasteiger partial charge in [-0.15, -0.1) is 0 Å². The molecular formula is C14H19N3O3. The Balaban J connectivity index is 2.06. The summed E-state index contributed by atoms with van der Waals surface area (Å²) >= 11 is 0. The number of carboxylic acid groups (broad SMARTS) is 1. The van der Waals surface area contributed by atoms with E-state index in [1.54, 1.807) is 17.3 Å². The van der Waals surface area contributed by atoms with Crippen molar-refractivity contribution in [2.75, 3.05) is 26.2 Å². The number of carboxylic acids is 1. The third-order valence-electron chi connectivity index (χ3n) is 3.53. The average Bonchev–Trinajstić information content (AvgIpc) is 2.63. The molecule has 0 unspecified atom stereocenters. The van der Waals surface area contributed by atoms with Crippen molar-refractivity contribution in [2.24, 2.45) is 5.92 Å². The number of carbonyl (C=O) groups is 2. The second-order valence-corrected chi connectivity index (χ2v) is 5.10. The Morgan fingerprint density at radius 3 is 2.80 bits per heavy atom. The Kier molecular flexibility index (Phi) is 4.68. The standard InChI is InChI=1S/C14H19N3O3/c1-11(18)17-6-5-16(9-13(10-17)14(19)20)8-12-3-2-4-15-7-12/h2-4,7,13H,5-6,8-10H2,1H3,(H,19,20)/t13-/m1/s1. The van der Waals surface area contributed by atoms with Gasteiger partial charge in [-0.1, -0.05) is 6.07 Å². The molecule has 1 fully saturated rings. The summed E-state index contributed by atoms with van der Waals surface area (Å²) in [4.78, 5) is 30.5. The molecule has 1 aliphatic heterocycles. The minimum atomic E-state index is -0.852. The van der Waals surface area contributed by atoms with Gasteiger partial charge in [0.2, 0.25) is 5.91 Å². The zero-order valence-corrected chi connectivity index (χ0v) is 11.5. The van der Waals surface area contributed by atoms with E-state index < -0.39 is 11.9 Å². The lowest BCUT2D eigenvalue weighted by atomic mass is 10.1. The van der Waals surface area contributed by atoms with E-state index in [0.29, 0.717) is 26.2 Å². The molecule has 0 radical (unpaired) electrons. The van der Waals surface area contributed by atoms with E-state index in [2.05, 4.69) is 9.88 Å². The first-order chi connectivity index (χ1) is 9.56. The lowest BCUT2D eigenvalue weighted by molar-refractivity contribution is -0.143. The third-order valence-corrected chi connectivity index (χ3v) is 3.53. The molecule has 0 bridgehead atoms. The largest absolute Gasteiger partial charge is 0.481 e. The predicted molar refractivity (Wildman–Crippen MR) is 72.9 cm³/mol. The molecule has 1 aromatic rings. The van der Waals surface area contributed by atoms with Gasteiger partial charge < -0.3 is 10.0 Å². The molecule has 1 saturated heterocycles. The normalized spacial score (nSPS) is 20.4. The van der Waals surface area contributed by atoms with Crippen molar-refractivity contribution in [1.29, 1.82) is 0 Å². The van der Waals surface area contributed by atoms with Gasteiger partial charge in [0.1, 0.15) is 0 Å². The number of hydrogen-bond acceptors (Lipinski definition) is 4. The highest BCUT2D eigenvalue weighted by Crippen LogP contribution is 2.13. The highest BCUT2D eigenvalue weighted by molar-refractivity contribution is 5.75. The predicted octanol–water partition coefficient (Wildman–Crippen LogP) is 0.446. The number of hydrogen-bond donors (Lipinski definition) is 1. The molecule has 0 saturated carbocycles. The fourth-order valence-corrected chi connectivity index (χ4v) is 2.42. The molecular weight excluding hydrogens is 258 g/mol. The van der Waals surface area contributed by atoms with Crippen LogP contribution < -0.4 is 0 Å². The van der Waals surface area contributed by atoms with Crippen molar-refractivity contribution < 1.29 is 14.7 Å². The van der Waals surface area contributed by atoms with Crippen molar-refractivity contribution in [3.8, 4) is 0 Å². The van der Waals surface area contributed by atoms with Crippen molar-refractivity contribution in [3.63, 3.8) is 0 Å². The van der Waals surface area contributed by atoms with E-state index in [4.69, 9.17) is 0 Å². The molecule has 0 aliphatic carbocycles. The van der Waals surface area contributed by atoms with Gasteiger partial charge in [-0.3, -0.25) is 19.5 Å². The number of nitrogens with zero attached hydrogens (tertiary/aromatic N) is 3. The fraction of sp³-hybridized carbons (Fsp3) is 0.500. The summed E-state index contributed by atoms with van der Waals surface area (Å²) in [6.45, 7) is 4.12. The van der Waals surface area contributed by atoms with Gasteiger partial charge in [-0.2, -0.15) is 0 Å². The Morgan fingerprint density at radius 1 is 1.40 bits per heavy atom. The molecule has 108 valence electrons. The van der Waals surface area contributed by atoms with Crippen molar-refractivity contribution in [1.82, 2.24) is 14.8 Å². The van der Waals surface area contributed by atoms with E-state index in [1.165, 1.54) is 6.92 Å². The summed E-state index contributed by atoms with van der Waals surface area (Å²) in [6, 6.07) is 3.83. The van der Waals surface area contributed by atoms with Crippen LogP contribution in [-0.4, -0.2) is 57.9 Å². The van der Waals surface area contributed by atoms with Gasteiger partial charge in [-0.05, 0) is 11.6 Å². The molecule has 1 aromatic heterocycles. The quantitative estimate of drug-likeness (QED) is 0.868. The van der Waals surface area contributed by atoms with E-state index in [-0.39, 0.29) is 12.5 Å². The van der Waals surface area contributed by atoms with E-state index in [1.807, 2.05) is 12.1 Å². The van der Waals surface area contributed by atoms with Crippen LogP contribution in [0.3, 0.4) is 0 Å². The lowest BCUT2D eigenvalue weighted by Gasteiger charge is -2.21. The van der Waals surface area contributed by atoms with Crippen LogP contribution >= 0.6 is 0 Å². The highest BCUT2D eigenvalue weighted by Gasteiger charge is 2.28. The topological polar surface area (TPSA) is 73.7 Å². The number of aromatic nitrogens is 1. The number of aliphatic carboxylic acids is 1. The Morgan fingerprint density at radius 2 is 2.20 bits per heavy atom. The molecule has 6 heteroatoms. The Labute approximate surface area is 118 Å². The first-order valence-corrected chi connectivity index (χ1v) is 6.66. The molecule has 1 amide bonds. The van der Waals surface area contributed by atoms with Gasteiger partial charge in [0.05, 0.1) is 5.92 Å². The molecule has 0 spiro atoms. The van der Waals surface area contributed by atoms with E-state index in [0.717, 1.165) is 5.56 Å². The van der Waals surface area contributed by atoms with Gasteiger partial charge in [-0.25, -0.2) is 0 Å². The summed E-state index contributed by atoms with van der Waals surface area (Å²) in [5.74, 6) is -1.47. The number of amides is 1. The maximum atomic E-state index is 11.5. The van der Waals surface area contributed by atoms with Gasteiger partial charge in [0, 0.05) is 52.0 Å². The van der Waals surface area contributed by atoms with Crippen molar-refractivity contribution in [3.05, 3.63) is 30.1 Å². The molecule has 6 nitrogen and oxygen atoms in total. The number of carbonyl (C=O) groups excluding carboxylic acids is 1. The van der Waals surface area contributed by atoms with E-state index in [9.17, 15) is 14.7 Å². The molecule has 1 N–H and O–H groups in total. The Hall–Kier alpha value is -1.95. The van der Waals surface area contributed by atoms with Crippen molar-refractivity contribution in [2.45, 2.75) is 13.5 Å². The van der Waals surface area contributed by atoms with Crippen LogP contribution in [0.5, 0.6) is 0 Å². The zero-order chi connectivity index (χ0) is 14.5. The summed E-state index contributed by atoms with van der Waals surface area (Å²) < 4.78 is 0. The summed E-state index contributed by atoms with van der Waals surface area (Å²) in [6.07, 6.45) is 3.49. The number of pyridine rings is 1. The molecule has 2 rings (SSSR count). The lowest BCUT2D eigenvalue weighted by Crippen LogP contribution is -2.36. The first kappa shape index (κ1) is 14.5. The highest BCUT2D eigenvalue weighted by atomic mass is 16.4. The van der Waals surface area contributed by atoms with Crippen LogP contribution in [0.25, 0.3) is 0 Å².